The molecule has 0 aliphatic rings. The molecule has 150 valence electrons. The Morgan fingerprint density at radius 1 is 1.24 bits per heavy atom. The number of aromatic nitrogens is 2. The molecule has 0 atom stereocenters. The van der Waals surface area contributed by atoms with Crippen LogP contribution in [0.5, 0.6) is 11.5 Å². The number of allylic oxidation sites excluding steroid dienone is 1. The fourth-order valence-corrected chi connectivity index (χ4v) is 3.48. The first kappa shape index (κ1) is 20.8. The van der Waals surface area contributed by atoms with Crippen molar-refractivity contribution in [1.82, 2.24) is 9.66 Å². The maximum atomic E-state index is 13.0. The molecule has 0 aliphatic carbocycles. The van der Waals surface area contributed by atoms with Crippen molar-refractivity contribution in [2.75, 3.05) is 14.2 Å². The number of benzene rings is 2. The lowest BCUT2D eigenvalue weighted by Gasteiger charge is -2.13. The Hall–Kier alpha value is -2.93. The minimum Gasteiger partial charge on any atom is -0.493 e. The number of hydrogen-bond acceptors (Lipinski definition) is 5. The van der Waals surface area contributed by atoms with Crippen molar-refractivity contribution >= 4 is 33.0 Å². The normalized spacial score (nSPS) is 11.2. The van der Waals surface area contributed by atoms with Crippen molar-refractivity contribution in [2.45, 2.75) is 19.8 Å². The van der Waals surface area contributed by atoms with E-state index in [1.807, 2.05) is 31.2 Å². The van der Waals surface area contributed by atoms with Crippen LogP contribution in [0.2, 0.25) is 0 Å². The molecule has 0 saturated carbocycles. The Morgan fingerprint density at radius 2 is 2.03 bits per heavy atom. The fourth-order valence-electron chi connectivity index (χ4n) is 3.12. The van der Waals surface area contributed by atoms with E-state index in [-0.39, 0.29) is 5.56 Å². The zero-order chi connectivity index (χ0) is 21.0. The van der Waals surface area contributed by atoms with Crippen molar-refractivity contribution in [3.63, 3.8) is 0 Å². The topological polar surface area (TPSA) is 65.7 Å². The third kappa shape index (κ3) is 4.24. The molecule has 0 saturated heterocycles. The van der Waals surface area contributed by atoms with Gasteiger partial charge in [0.15, 0.2) is 11.5 Å². The number of rotatable bonds is 7. The molecule has 2 aromatic carbocycles. The second kappa shape index (κ2) is 9.05. The number of ether oxygens (including phenoxy) is 2. The van der Waals surface area contributed by atoms with Crippen LogP contribution in [-0.2, 0) is 12.8 Å². The third-order valence-corrected chi connectivity index (χ3v) is 4.95. The summed E-state index contributed by atoms with van der Waals surface area (Å²) in [6, 6.07) is 9.20. The van der Waals surface area contributed by atoms with E-state index in [2.05, 4.69) is 32.6 Å². The minimum absolute atomic E-state index is 0.212. The first-order valence-corrected chi connectivity index (χ1v) is 9.93. The molecule has 6 nitrogen and oxygen atoms in total. The van der Waals surface area contributed by atoms with E-state index in [0.29, 0.717) is 41.1 Å². The largest absolute Gasteiger partial charge is 0.493 e. The molecular formula is C22H22BrN3O3. The van der Waals surface area contributed by atoms with Gasteiger partial charge in [0.25, 0.3) is 5.56 Å². The molecule has 0 fully saturated rings. The van der Waals surface area contributed by atoms with Gasteiger partial charge in [-0.05, 0) is 42.3 Å². The van der Waals surface area contributed by atoms with Gasteiger partial charge >= 0.3 is 0 Å². The van der Waals surface area contributed by atoms with Crippen LogP contribution in [-0.4, -0.2) is 30.1 Å². The molecule has 0 aliphatic heterocycles. The molecule has 3 aromatic rings. The van der Waals surface area contributed by atoms with Crippen LogP contribution in [0.15, 0.2) is 57.4 Å². The van der Waals surface area contributed by atoms with E-state index >= 15 is 0 Å². The van der Waals surface area contributed by atoms with Gasteiger partial charge in [0.1, 0.15) is 5.82 Å². The molecule has 1 heterocycles. The molecule has 0 unspecified atom stereocenters. The molecule has 0 N–H and O–H groups in total. The van der Waals surface area contributed by atoms with Crippen molar-refractivity contribution < 1.29 is 9.47 Å². The van der Waals surface area contributed by atoms with Gasteiger partial charge < -0.3 is 9.47 Å². The highest BCUT2D eigenvalue weighted by Crippen LogP contribution is 2.32. The summed E-state index contributed by atoms with van der Waals surface area (Å²) in [6.07, 6.45) is 4.61. The summed E-state index contributed by atoms with van der Waals surface area (Å²) in [7, 11) is 3.19. The summed E-state index contributed by atoms with van der Waals surface area (Å²) >= 11 is 3.41. The molecule has 0 spiro atoms. The zero-order valence-electron chi connectivity index (χ0n) is 16.6. The van der Waals surface area contributed by atoms with Gasteiger partial charge in [-0.2, -0.15) is 9.78 Å². The number of methoxy groups -OCH3 is 2. The van der Waals surface area contributed by atoms with Crippen LogP contribution in [0.4, 0.5) is 0 Å². The molecule has 7 heteroatoms. The molecule has 0 radical (unpaired) electrons. The van der Waals surface area contributed by atoms with E-state index < -0.39 is 0 Å². The highest BCUT2D eigenvalue weighted by Gasteiger charge is 2.12. The summed E-state index contributed by atoms with van der Waals surface area (Å²) in [5, 5.41) is 4.95. The highest BCUT2D eigenvalue weighted by molar-refractivity contribution is 9.10. The van der Waals surface area contributed by atoms with Crippen LogP contribution < -0.4 is 15.0 Å². The summed E-state index contributed by atoms with van der Waals surface area (Å²) in [5.74, 6) is 1.85. The third-order valence-electron chi connectivity index (χ3n) is 4.46. The fraction of sp³-hybridized carbons (Fsp3) is 0.227. The number of aryl methyl sites for hydroxylation is 1. The van der Waals surface area contributed by atoms with E-state index in [4.69, 9.17) is 9.47 Å². The van der Waals surface area contributed by atoms with Gasteiger partial charge in [0.05, 0.1) is 31.3 Å². The number of halogens is 1. The average molecular weight is 456 g/mol. The Morgan fingerprint density at radius 3 is 2.69 bits per heavy atom. The van der Waals surface area contributed by atoms with Gasteiger partial charge in [0.2, 0.25) is 0 Å². The Bertz CT molecular complexity index is 1150. The van der Waals surface area contributed by atoms with Crippen molar-refractivity contribution in [2.24, 2.45) is 5.10 Å². The quantitative estimate of drug-likeness (QED) is 0.392. The average Bonchev–Trinajstić information content (AvgIpc) is 2.73. The van der Waals surface area contributed by atoms with Crippen LogP contribution >= 0.6 is 15.9 Å². The van der Waals surface area contributed by atoms with Crippen molar-refractivity contribution in [1.29, 1.82) is 0 Å². The van der Waals surface area contributed by atoms with Crippen LogP contribution in [0.1, 0.15) is 23.9 Å². The number of hydrogen-bond donors (Lipinski definition) is 0. The SMILES string of the molecule is C=CCc1cc(C=Nn2c(CC)nc3ccc(Br)cc3c2=O)cc(OC)c1OC. The highest BCUT2D eigenvalue weighted by atomic mass is 79.9. The maximum absolute atomic E-state index is 13.0. The zero-order valence-corrected chi connectivity index (χ0v) is 18.2. The Balaban J connectivity index is 2.13. The molecule has 0 amide bonds. The summed E-state index contributed by atoms with van der Waals surface area (Å²) in [4.78, 5) is 17.6. The van der Waals surface area contributed by atoms with Crippen LogP contribution in [0, 0.1) is 0 Å². The van der Waals surface area contributed by atoms with E-state index in [1.54, 1.807) is 32.6 Å². The lowest BCUT2D eigenvalue weighted by atomic mass is 10.1. The predicted octanol–water partition coefficient (Wildman–Crippen LogP) is 4.35. The monoisotopic (exact) mass is 455 g/mol. The number of nitrogens with zero attached hydrogens (tertiary/aromatic N) is 3. The predicted molar refractivity (Wildman–Crippen MR) is 120 cm³/mol. The summed E-state index contributed by atoms with van der Waals surface area (Å²) in [5.41, 5.74) is 2.15. The molecule has 1 aromatic heterocycles. The van der Waals surface area contributed by atoms with Gasteiger partial charge in [-0.25, -0.2) is 4.98 Å². The van der Waals surface area contributed by atoms with Crippen molar-refractivity contribution in [3.8, 4) is 11.5 Å². The minimum atomic E-state index is -0.212. The van der Waals surface area contributed by atoms with E-state index in [1.165, 1.54) is 4.68 Å². The number of fused-ring (bicyclic) bond motifs is 1. The van der Waals surface area contributed by atoms with Crippen LogP contribution in [0.3, 0.4) is 0 Å². The molecule has 29 heavy (non-hydrogen) atoms. The second-order valence-electron chi connectivity index (χ2n) is 6.31. The molecule has 0 bridgehead atoms. The lowest BCUT2D eigenvalue weighted by molar-refractivity contribution is 0.352. The van der Waals surface area contributed by atoms with Gasteiger partial charge in [0, 0.05) is 16.5 Å². The smallest absolute Gasteiger partial charge is 0.282 e. The van der Waals surface area contributed by atoms with Crippen LogP contribution in [0.25, 0.3) is 10.9 Å². The van der Waals surface area contributed by atoms with Gasteiger partial charge in [-0.3, -0.25) is 4.79 Å². The summed E-state index contributed by atoms with van der Waals surface area (Å²) < 4.78 is 13.1. The molecular weight excluding hydrogens is 434 g/mol. The molecule has 3 rings (SSSR count). The Kier molecular flexibility index (Phi) is 6.49. The second-order valence-corrected chi connectivity index (χ2v) is 7.23. The van der Waals surface area contributed by atoms with Crippen molar-refractivity contribution in [3.05, 3.63) is 74.8 Å². The standard InChI is InChI=1S/C22H22BrN3O3/c1-5-7-15-10-14(11-19(28-3)21(15)29-4)13-24-26-20(6-2)25-18-9-8-16(23)12-17(18)22(26)27/h5,8-13H,1,6-7H2,2-4H3. The van der Waals surface area contributed by atoms with Gasteiger partial charge in [-0.1, -0.05) is 28.9 Å². The van der Waals surface area contributed by atoms with E-state index in [9.17, 15) is 4.79 Å². The Labute approximate surface area is 177 Å². The lowest BCUT2D eigenvalue weighted by Crippen LogP contribution is -2.22. The first-order chi connectivity index (χ1) is 14.0. The first-order valence-electron chi connectivity index (χ1n) is 9.13. The summed E-state index contributed by atoms with van der Waals surface area (Å²) in [6.45, 7) is 5.73. The van der Waals surface area contributed by atoms with E-state index in [0.717, 1.165) is 15.6 Å². The van der Waals surface area contributed by atoms with Gasteiger partial charge in [-0.15, -0.1) is 6.58 Å². The maximum Gasteiger partial charge on any atom is 0.282 e.